The van der Waals surface area contributed by atoms with Crippen LogP contribution in [0.2, 0.25) is 0 Å². The van der Waals surface area contributed by atoms with Gasteiger partial charge in [-0.05, 0) is 44.2 Å². The lowest BCUT2D eigenvalue weighted by atomic mass is 10.1. The first-order chi connectivity index (χ1) is 18.2. The number of benzene rings is 2. The fourth-order valence-electron chi connectivity index (χ4n) is 4.75. The molecule has 0 radical (unpaired) electrons. The third kappa shape index (κ3) is 4.64. The average molecular weight is 527 g/mol. The number of halogens is 3. The quantitative estimate of drug-likeness (QED) is 0.390. The van der Waals surface area contributed by atoms with Crippen molar-refractivity contribution in [3.8, 4) is 5.75 Å². The molecule has 0 bridgehead atoms. The van der Waals surface area contributed by atoms with Gasteiger partial charge in [-0.3, -0.25) is 9.48 Å². The van der Waals surface area contributed by atoms with Crippen LogP contribution >= 0.6 is 0 Å². The minimum absolute atomic E-state index is 0.0803. The molecule has 1 amide bonds. The Balaban J connectivity index is 1.42. The largest absolute Gasteiger partial charge is 0.573 e. The lowest BCUT2D eigenvalue weighted by Crippen LogP contribution is -2.44. The molecule has 38 heavy (non-hydrogen) atoms. The molecular formula is C25H25F3N8O2. The molecule has 2 aromatic heterocycles. The van der Waals surface area contributed by atoms with Crippen molar-refractivity contribution in [1.29, 1.82) is 0 Å². The van der Waals surface area contributed by atoms with Gasteiger partial charge >= 0.3 is 6.36 Å². The number of likely N-dealkylation sites (N-methyl/N-ethyl adjacent to an activating group) is 1. The zero-order chi connectivity index (χ0) is 26.6. The number of alkyl halides is 3. The molecule has 3 heterocycles. The van der Waals surface area contributed by atoms with Gasteiger partial charge in [-0.1, -0.05) is 6.07 Å². The molecule has 6 rings (SSSR count). The molecule has 198 valence electrons. The number of nitrogens with two attached hydrogens (primary N) is 1. The fraction of sp³-hybridized carbons (Fsp3) is 0.360. The molecule has 2 aromatic carbocycles. The molecule has 1 saturated heterocycles. The number of hydrogen-bond acceptors (Lipinski definition) is 8. The summed E-state index contributed by atoms with van der Waals surface area (Å²) in [4.78, 5) is 25.3. The van der Waals surface area contributed by atoms with Crippen molar-refractivity contribution in [2.24, 2.45) is 5.73 Å². The smallest absolute Gasteiger partial charge is 0.404 e. The van der Waals surface area contributed by atoms with E-state index in [4.69, 9.17) is 5.73 Å². The van der Waals surface area contributed by atoms with Crippen molar-refractivity contribution in [3.05, 3.63) is 42.2 Å². The van der Waals surface area contributed by atoms with Crippen LogP contribution in [-0.2, 0) is 0 Å². The summed E-state index contributed by atoms with van der Waals surface area (Å²) in [5, 5.41) is 8.64. The molecule has 10 nitrogen and oxygen atoms in total. The number of carbonyl (C=O) groups is 1. The molecule has 1 aliphatic carbocycles. The molecule has 4 aromatic rings. The van der Waals surface area contributed by atoms with E-state index in [1.54, 1.807) is 35.1 Å². The Morgan fingerprint density at radius 3 is 2.58 bits per heavy atom. The summed E-state index contributed by atoms with van der Waals surface area (Å²) in [5.74, 6) is -0.955. The van der Waals surface area contributed by atoms with E-state index in [1.165, 1.54) is 6.07 Å². The first-order valence-corrected chi connectivity index (χ1v) is 12.2. The number of amides is 1. The number of fused-ring (bicyclic) bond motifs is 3. The number of aromatic nitrogens is 4. The number of piperazine rings is 1. The number of hydrogen-bond donors (Lipinski definition) is 2. The number of primary amides is 1. The van der Waals surface area contributed by atoms with Gasteiger partial charge in [0.2, 0.25) is 5.95 Å². The molecule has 13 heteroatoms. The highest BCUT2D eigenvalue weighted by atomic mass is 19.4. The molecule has 2 fully saturated rings. The highest BCUT2D eigenvalue weighted by molar-refractivity contribution is 6.11. The van der Waals surface area contributed by atoms with Crippen LogP contribution in [0, 0.1) is 0 Å². The SMILES string of the molecule is CN1CCN(c2ccc(OC(F)(F)F)c(Nc3ncc4ccc5c(C(N)=O)nn(C6CC6)c5c4n3)c2)CC1. The molecular weight excluding hydrogens is 501 g/mol. The normalized spacial score (nSPS) is 16.8. The van der Waals surface area contributed by atoms with Crippen LogP contribution < -0.4 is 20.7 Å². The number of nitrogens with one attached hydrogen (secondary N) is 1. The van der Waals surface area contributed by atoms with E-state index < -0.39 is 18.0 Å². The zero-order valence-corrected chi connectivity index (χ0v) is 20.5. The third-order valence-electron chi connectivity index (χ3n) is 6.85. The maximum absolute atomic E-state index is 13.2. The van der Waals surface area contributed by atoms with Crippen LogP contribution in [0.3, 0.4) is 0 Å². The van der Waals surface area contributed by atoms with Crippen LogP contribution in [-0.4, -0.2) is 70.1 Å². The van der Waals surface area contributed by atoms with E-state index in [9.17, 15) is 18.0 Å². The Morgan fingerprint density at radius 2 is 1.89 bits per heavy atom. The number of rotatable bonds is 6. The van der Waals surface area contributed by atoms with Crippen LogP contribution in [0.25, 0.3) is 21.8 Å². The summed E-state index contributed by atoms with van der Waals surface area (Å²) in [6.07, 6.45) is -1.46. The minimum Gasteiger partial charge on any atom is -0.404 e. The van der Waals surface area contributed by atoms with Crippen molar-refractivity contribution < 1.29 is 22.7 Å². The summed E-state index contributed by atoms with van der Waals surface area (Å²) < 4.78 is 45.6. The van der Waals surface area contributed by atoms with Gasteiger partial charge in [0.25, 0.3) is 5.91 Å². The lowest BCUT2D eigenvalue weighted by Gasteiger charge is -2.34. The second-order valence-electron chi connectivity index (χ2n) is 9.63. The highest BCUT2D eigenvalue weighted by Gasteiger charge is 2.33. The Bertz CT molecular complexity index is 1540. The Hall–Kier alpha value is -4.13. The second kappa shape index (κ2) is 9.01. The summed E-state index contributed by atoms with van der Waals surface area (Å²) in [5.41, 5.74) is 7.72. The van der Waals surface area contributed by atoms with E-state index >= 15 is 0 Å². The van der Waals surface area contributed by atoms with E-state index in [1.807, 2.05) is 7.05 Å². The second-order valence-corrected chi connectivity index (χ2v) is 9.63. The fourth-order valence-corrected chi connectivity index (χ4v) is 4.75. The topological polar surface area (TPSA) is 114 Å². The number of ether oxygens (including phenoxy) is 1. The Morgan fingerprint density at radius 1 is 1.13 bits per heavy atom. The van der Waals surface area contributed by atoms with E-state index in [2.05, 4.69) is 34.9 Å². The highest BCUT2D eigenvalue weighted by Crippen LogP contribution is 2.40. The third-order valence-corrected chi connectivity index (χ3v) is 6.85. The summed E-state index contributed by atoms with van der Waals surface area (Å²) in [7, 11) is 2.03. The van der Waals surface area contributed by atoms with Gasteiger partial charge < -0.3 is 25.6 Å². The first kappa shape index (κ1) is 24.2. The van der Waals surface area contributed by atoms with Crippen LogP contribution in [0.1, 0.15) is 29.4 Å². The van der Waals surface area contributed by atoms with Crippen LogP contribution in [0.15, 0.2) is 36.5 Å². The average Bonchev–Trinajstić information content (AvgIpc) is 3.64. The van der Waals surface area contributed by atoms with E-state index in [0.717, 1.165) is 44.7 Å². The molecule has 0 unspecified atom stereocenters. The minimum atomic E-state index is -4.87. The van der Waals surface area contributed by atoms with Gasteiger partial charge in [0.05, 0.1) is 17.2 Å². The summed E-state index contributed by atoms with van der Waals surface area (Å²) in [6.45, 7) is 3.17. The van der Waals surface area contributed by atoms with Crippen molar-refractivity contribution in [3.63, 3.8) is 0 Å². The maximum atomic E-state index is 13.2. The van der Waals surface area contributed by atoms with Crippen LogP contribution in [0.4, 0.5) is 30.5 Å². The molecule has 0 atom stereocenters. The van der Waals surface area contributed by atoms with Crippen molar-refractivity contribution in [2.75, 3.05) is 43.4 Å². The van der Waals surface area contributed by atoms with Gasteiger partial charge in [-0.2, -0.15) is 5.10 Å². The van der Waals surface area contributed by atoms with Crippen LogP contribution in [0.5, 0.6) is 5.75 Å². The van der Waals surface area contributed by atoms with Gasteiger partial charge in [-0.25, -0.2) is 9.97 Å². The molecule has 0 spiro atoms. The number of carbonyl (C=O) groups excluding carboxylic acids is 1. The monoisotopic (exact) mass is 526 g/mol. The predicted molar refractivity (Wildman–Crippen MR) is 136 cm³/mol. The molecule has 3 N–H and O–H groups in total. The Labute approximate surface area is 215 Å². The van der Waals surface area contributed by atoms with E-state index in [0.29, 0.717) is 21.8 Å². The molecule has 1 saturated carbocycles. The predicted octanol–water partition coefficient (Wildman–Crippen LogP) is 3.81. The summed E-state index contributed by atoms with van der Waals surface area (Å²) >= 11 is 0. The maximum Gasteiger partial charge on any atom is 0.573 e. The molecule has 1 aliphatic heterocycles. The van der Waals surface area contributed by atoms with Crippen molar-refractivity contribution in [1.82, 2.24) is 24.6 Å². The van der Waals surface area contributed by atoms with E-state index in [-0.39, 0.29) is 23.4 Å². The zero-order valence-electron chi connectivity index (χ0n) is 20.5. The van der Waals surface area contributed by atoms with Gasteiger partial charge in [0.15, 0.2) is 11.4 Å². The van der Waals surface area contributed by atoms with Gasteiger partial charge in [-0.15, -0.1) is 13.2 Å². The lowest BCUT2D eigenvalue weighted by molar-refractivity contribution is -0.274. The van der Waals surface area contributed by atoms with Crippen molar-refractivity contribution >= 4 is 45.0 Å². The van der Waals surface area contributed by atoms with Gasteiger partial charge in [0.1, 0.15) is 5.52 Å². The number of nitrogens with zero attached hydrogens (tertiary/aromatic N) is 6. The first-order valence-electron chi connectivity index (χ1n) is 12.2. The van der Waals surface area contributed by atoms with Crippen molar-refractivity contribution in [2.45, 2.75) is 25.2 Å². The Kier molecular flexibility index (Phi) is 5.74. The van der Waals surface area contributed by atoms with Gasteiger partial charge in [0, 0.05) is 48.8 Å². The number of anilines is 3. The standard InChI is InChI=1S/C25H25F3N8O2/c1-34-8-10-35(11-9-34)16-5-7-19(38-25(26,27)28)18(12-16)31-24-30-13-14-2-6-17-21(23(29)37)33-36(15-3-4-15)22(17)20(14)32-24/h2,5-7,12-13,15H,3-4,8-11H2,1H3,(H2,29,37)(H,30,31,32). The summed E-state index contributed by atoms with van der Waals surface area (Å²) in [6, 6.07) is 8.18. The molecule has 2 aliphatic rings.